The third-order valence-corrected chi connectivity index (χ3v) is 5.26. The summed E-state index contributed by atoms with van der Waals surface area (Å²) in [7, 11) is 0. The zero-order chi connectivity index (χ0) is 20.2. The summed E-state index contributed by atoms with van der Waals surface area (Å²) in [6.45, 7) is 4.39. The van der Waals surface area contributed by atoms with Crippen molar-refractivity contribution in [3.05, 3.63) is 59.9 Å². The fourth-order valence-electron chi connectivity index (χ4n) is 3.80. The van der Waals surface area contributed by atoms with E-state index in [-0.39, 0.29) is 18.0 Å². The number of imidazole rings is 1. The molecule has 0 spiro atoms. The molecule has 0 atom stereocenters. The highest BCUT2D eigenvalue weighted by molar-refractivity contribution is 5.79. The summed E-state index contributed by atoms with van der Waals surface area (Å²) in [4.78, 5) is 18.8. The summed E-state index contributed by atoms with van der Waals surface area (Å²) >= 11 is 0. The Bertz CT molecular complexity index is 978. The maximum absolute atomic E-state index is 13.3. The van der Waals surface area contributed by atoms with Crippen molar-refractivity contribution in [3.63, 3.8) is 0 Å². The van der Waals surface area contributed by atoms with Crippen molar-refractivity contribution in [2.75, 3.05) is 24.6 Å². The number of amides is 1. The smallest absolute Gasteiger partial charge is 0.407 e. The predicted octanol–water partition coefficient (Wildman–Crippen LogP) is 3.94. The van der Waals surface area contributed by atoms with E-state index in [1.54, 1.807) is 6.92 Å². The van der Waals surface area contributed by atoms with Gasteiger partial charge < -0.3 is 19.5 Å². The molecule has 2 aromatic carbocycles. The van der Waals surface area contributed by atoms with E-state index in [0.29, 0.717) is 13.2 Å². The molecule has 1 amide bonds. The molecule has 7 heteroatoms. The Kier molecular flexibility index (Phi) is 5.64. The van der Waals surface area contributed by atoms with Gasteiger partial charge in [0.15, 0.2) is 0 Å². The molecule has 1 aliphatic rings. The van der Waals surface area contributed by atoms with Crippen molar-refractivity contribution in [2.45, 2.75) is 32.4 Å². The van der Waals surface area contributed by atoms with Crippen LogP contribution < -0.4 is 10.2 Å². The number of benzene rings is 2. The van der Waals surface area contributed by atoms with Gasteiger partial charge in [-0.05, 0) is 49.6 Å². The van der Waals surface area contributed by atoms with Crippen molar-refractivity contribution in [1.82, 2.24) is 14.9 Å². The lowest BCUT2D eigenvalue weighted by Gasteiger charge is -2.33. The molecule has 1 saturated heterocycles. The molecular weight excluding hydrogens is 371 g/mol. The number of hydrogen-bond donors (Lipinski definition) is 1. The summed E-state index contributed by atoms with van der Waals surface area (Å²) < 4.78 is 20.5. The maximum atomic E-state index is 13.3. The monoisotopic (exact) mass is 396 g/mol. The standard InChI is InChI=1S/C22H25FN4O2/c1-2-29-22(28)24-18-11-13-26(14-12-18)21-25-19-5-3-4-6-20(19)27(21)15-16-7-9-17(23)10-8-16/h3-10,18H,2,11-15H2,1H3,(H,24,28). The van der Waals surface area contributed by atoms with Crippen LogP contribution >= 0.6 is 0 Å². The van der Waals surface area contributed by atoms with Crippen molar-refractivity contribution < 1.29 is 13.9 Å². The summed E-state index contributed by atoms with van der Waals surface area (Å²) in [5, 5.41) is 2.93. The minimum atomic E-state index is -0.352. The third kappa shape index (κ3) is 4.34. The highest BCUT2D eigenvalue weighted by Crippen LogP contribution is 2.26. The molecule has 1 aliphatic heterocycles. The molecule has 1 N–H and O–H groups in total. The van der Waals surface area contributed by atoms with Crippen molar-refractivity contribution in [1.29, 1.82) is 0 Å². The average molecular weight is 396 g/mol. The fraction of sp³-hybridized carbons (Fsp3) is 0.364. The van der Waals surface area contributed by atoms with Crippen LogP contribution in [0, 0.1) is 5.82 Å². The summed E-state index contributed by atoms with van der Waals surface area (Å²) in [5.74, 6) is 0.672. The van der Waals surface area contributed by atoms with E-state index in [1.807, 2.05) is 30.3 Å². The molecule has 0 aliphatic carbocycles. The number of anilines is 1. The Balaban J connectivity index is 1.54. The zero-order valence-electron chi connectivity index (χ0n) is 16.5. The molecule has 3 aromatic rings. The van der Waals surface area contributed by atoms with E-state index >= 15 is 0 Å². The summed E-state index contributed by atoms with van der Waals surface area (Å²) in [5.41, 5.74) is 3.02. The van der Waals surface area contributed by atoms with Crippen LogP contribution in [-0.4, -0.2) is 41.4 Å². The van der Waals surface area contributed by atoms with Crippen LogP contribution in [0.15, 0.2) is 48.5 Å². The lowest BCUT2D eigenvalue weighted by atomic mass is 10.1. The number of nitrogens with one attached hydrogen (secondary N) is 1. The number of ether oxygens (including phenoxy) is 1. The van der Waals surface area contributed by atoms with Crippen LogP contribution in [0.25, 0.3) is 11.0 Å². The molecule has 4 rings (SSSR count). The third-order valence-electron chi connectivity index (χ3n) is 5.26. The fourth-order valence-corrected chi connectivity index (χ4v) is 3.80. The van der Waals surface area contributed by atoms with Crippen LogP contribution in [0.4, 0.5) is 15.1 Å². The van der Waals surface area contributed by atoms with Gasteiger partial charge in [-0.1, -0.05) is 24.3 Å². The molecule has 1 aromatic heterocycles. The molecule has 2 heterocycles. The molecule has 0 saturated carbocycles. The Hall–Kier alpha value is -3.09. The van der Waals surface area contributed by atoms with E-state index in [2.05, 4.69) is 20.9 Å². The van der Waals surface area contributed by atoms with Crippen LogP contribution in [0.3, 0.4) is 0 Å². The van der Waals surface area contributed by atoms with Gasteiger partial charge >= 0.3 is 6.09 Å². The first-order valence-corrected chi connectivity index (χ1v) is 10.0. The number of carbonyl (C=O) groups is 1. The number of para-hydroxylation sites is 2. The lowest BCUT2D eigenvalue weighted by Crippen LogP contribution is -2.45. The number of halogens is 1. The number of hydrogen-bond acceptors (Lipinski definition) is 4. The lowest BCUT2D eigenvalue weighted by molar-refractivity contribution is 0.146. The van der Waals surface area contributed by atoms with Gasteiger partial charge in [-0.15, -0.1) is 0 Å². The van der Waals surface area contributed by atoms with Gasteiger partial charge in [0, 0.05) is 19.1 Å². The summed E-state index contributed by atoms with van der Waals surface area (Å²) in [6, 6.07) is 14.8. The van der Waals surface area contributed by atoms with Gasteiger partial charge in [-0.3, -0.25) is 0 Å². The van der Waals surface area contributed by atoms with Crippen molar-refractivity contribution in [2.24, 2.45) is 0 Å². The van der Waals surface area contributed by atoms with Gasteiger partial charge in [-0.25, -0.2) is 14.2 Å². The topological polar surface area (TPSA) is 59.4 Å². The highest BCUT2D eigenvalue weighted by atomic mass is 19.1. The first-order valence-electron chi connectivity index (χ1n) is 10.0. The molecule has 0 unspecified atom stereocenters. The number of piperidine rings is 1. The van der Waals surface area contributed by atoms with Crippen molar-refractivity contribution in [3.8, 4) is 0 Å². The SMILES string of the molecule is CCOC(=O)NC1CCN(c2nc3ccccc3n2Cc2ccc(F)cc2)CC1. The Morgan fingerprint density at radius 3 is 2.62 bits per heavy atom. The molecule has 0 radical (unpaired) electrons. The highest BCUT2D eigenvalue weighted by Gasteiger charge is 2.25. The van der Waals surface area contributed by atoms with E-state index in [0.717, 1.165) is 48.5 Å². The number of rotatable bonds is 5. The van der Waals surface area contributed by atoms with Crippen LogP contribution in [0.1, 0.15) is 25.3 Å². The number of carbonyl (C=O) groups excluding carboxylic acids is 1. The normalized spacial score (nSPS) is 14.9. The van der Waals surface area contributed by atoms with Gasteiger partial charge in [0.2, 0.25) is 5.95 Å². The second-order valence-corrected chi connectivity index (χ2v) is 7.24. The van der Waals surface area contributed by atoms with E-state index in [1.165, 1.54) is 12.1 Å². The Labute approximate surface area is 169 Å². The van der Waals surface area contributed by atoms with Crippen molar-refractivity contribution >= 4 is 23.1 Å². The Morgan fingerprint density at radius 2 is 1.90 bits per heavy atom. The van der Waals surface area contributed by atoms with Crippen LogP contribution in [0.2, 0.25) is 0 Å². The average Bonchev–Trinajstić information content (AvgIpc) is 3.09. The molecule has 29 heavy (non-hydrogen) atoms. The minimum absolute atomic E-state index is 0.111. The minimum Gasteiger partial charge on any atom is -0.450 e. The molecular formula is C22H25FN4O2. The zero-order valence-corrected chi connectivity index (χ0v) is 16.5. The summed E-state index contributed by atoms with van der Waals surface area (Å²) in [6.07, 6.45) is 1.31. The molecule has 152 valence electrons. The molecule has 6 nitrogen and oxygen atoms in total. The van der Waals surface area contributed by atoms with Crippen LogP contribution in [-0.2, 0) is 11.3 Å². The first-order chi connectivity index (χ1) is 14.1. The number of alkyl carbamates (subject to hydrolysis) is 1. The molecule has 1 fully saturated rings. The van der Waals surface area contributed by atoms with Gasteiger partial charge in [0.1, 0.15) is 5.82 Å². The van der Waals surface area contributed by atoms with Gasteiger partial charge in [-0.2, -0.15) is 0 Å². The van der Waals surface area contributed by atoms with E-state index in [4.69, 9.17) is 9.72 Å². The number of aromatic nitrogens is 2. The predicted molar refractivity (Wildman–Crippen MR) is 111 cm³/mol. The van der Waals surface area contributed by atoms with Gasteiger partial charge in [0.05, 0.1) is 24.2 Å². The number of fused-ring (bicyclic) bond motifs is 1. The van der Waals surface area contributed by atoms with E-state index in [9.17, 15) is 9.18 Å². The second-order valence-electron chi connectivity index (χ2n) is 7.24. The largest absolute Gasteiger partial charge is 0.450 e. The quantitative estimate of drug-likeness (QED) is 0.710. The van der Waals surface area contributed by atoms with E-state index < -0.39 is 0 Å². The second kappa shape index (κ2) is 8.51. The first kappa shape index (κ1) is 19.2. The van der Waals surface area contributed by atoms with Gasteiger partial charge in [0.25, 0.3) is 0 Å². The molecule has 0 bridgehead atoms. The van der Waals surface area contributed by atoms with Crippen LogP contribution in [0.5, 0.6) is 0 Å². The number of nitrogens with zero attached hydrogens (tertiary/aromatic N) is 3. The Morgan fingerprint density at radius 1 is 1.17 bits per heavy atom. The maximum Gasteiger partial charge on any atom is 0.407 e.